The van der Waals surface area contributed by atoms with E-state index >= 15 is 0 Å². The largest absolute Gasteiger partial charge is 0.495 e. The number of methoxy groups -OCH3 is 1. The first kappa shape index (κ1) is 27.8. The Labute approximate surface area is 234 Å². The Bertz CT molecular complexity index is 1570. The minimum atomic E-state index is -0.906. The Kier molecular flexibility index (Phi) is 7.69. The lowest BCUT2D eigenvalue weighted by Crippen LogP contribution is -2.52. The van der Waals surface area contributed by atoms with Gasteiger partial charge in [-0.15, -0.1) is 0 Å². The molecule has 0 aliphatic carbocycles. The quantitative estimate of drug-likeness (QED) is 0.413. The fourth-order valence-corrected chi connectivity index (χ4v) is 5.16. The van der Waals surface area contributed by atoms with Crippen molar-refractivity contribution in [3.05, 3.63) is 93.5 Å². The third-order valence-electron chi connectivity index (χ3n) is 7.21. The molecule has 0 spiro atoms. The number of fused-ring (bicyclic) bond motifs is 1. The van der Waals surface area contributed by atoms with Crippen molar-refractivity contribution in [2.75, 3.05) is 12.4 Å². The van der Waals surface area contributed by atoms with Crippen LogP contribution in [0, 0.1) is 18.6 Å². The van der Waals surface area contributed by atoms with Gasteiger partial charge in [-0.25, -0.2) is 13.6 Å². The molecule has 2 aliphatic rings. The molecule has 0 radical (unpaired) electrons. The zero-order chi connectivity index (χ0) is 29.3. The van der Waals surface area contributed by atoms with Crippen molar-refractivity contribution in [1.29, 1.82) is 0 Å². The Morgan fingerprint density at radius 3 is 2.51 bits per heavy atom. The number of hydrogen-bond acceptors (Lipinski definition) is 6. The maximum absolute atomic E-state index is 13.5. The number of halogens is 2. The average molecular weight is 564 g/mol. The van der Waals surface area contributed by atoms with E-state index in [-0.39, 0.29) is 37.6 Å². The summed E-state index contributed by atoms with van der Waals surface area (Å²) in [6, 6.07) is 11.7. The van der Waals surface area contributed by atoms with E-state index in [9.17, 15) is 28.0 Å². The van der Waals surface area contributed by atoms with Crippen LogP contribution in [0.15, 0.2) is 48.5 Å². The molecule has 0 saturated carbocycles. The summed E-state index contributed by atoms with van der Waals surface area (Å²) in [5, 5.41) is 4.96. The van der Waals surface area contributed by atoms with Gasteiger partial charge >= 0.3 is 6.09 Å². The summed E-state index contributed by atoms with van der Waals surface area (Å²) < 4.78 is 37.7. The highest BCUT2D eigenvalue weighted by molar-refractivity contribution is 6.06. The van der Waals surface area contributed by atoms with Crippen LogP contribution in [0.5, 0.6) is 5.75 Å². The van der Waals surface area contributed by atoms with Gasteiger partial charge in [0.25, 0.3) is 5.91 Å². The lowest BCUT2D eigenvalue weighted by molar-refractivity contribution is -0.136. The molecule has 3 aromatic rings. The summed E-state index contributed by atoms with van der Waals surface area (Å²) >= 11 is 0. The van der Waals surface area contributed by atoms with Crippen molar-refractivity contribution in [3.8, 4) is 5.75 Å². The Balaban J connectivity index is 1.23. The Hall–Kier alpha value is -4.80. The molecule has 4 amide bonds. The second-order valence-corrected chi connectivity index (χ2v) is 9.97. The van der Waals surface area contributed by atoms with Gasteiger partial charge in [0.05, 0.1) is 12.7 Å². The number of carbonyl (C=O) groups excluding carboxylic acids is 4. The topological polar surface area (TPSA) is 114 Å². The molecule has 11 heteroatoms. The first-order chi connectivity index (χ1) is 19.6. The number of amides is 4. The highest BCUT2D eigenvalue weighted by Gasteiger charge is 2.41. The molecule has 1 atom stereocenters. The Morgan fingerprint density at radius 2 is 1.80 bits per heavy atom. The summed E-state index contributed by atoms with van der Waals surface area (Å²) in [6.07, 6.45) is 0.0629. The normalized spacial score (nSPS) is 16.3. The van der Waals surface area contributed by atoms with Gasteiger partial charge in [-0.1, -0.05) is 30.3 Å². The molecule has 5 rings (SSSR count). The Morgan fingerprint density at radius 1 is 1.05 bits per heavy atom. The highest BCUT2D eigenvalue weighted by atomic mass is 19.2. The molecule has 1 saturated heterocycles. The molecule has 41 heavy (non-hydrogen) atoms. The third-order valence-corrected chi connectivity index (χ3v) is 7.21. The summed E-state index contributed by atoms with van der Waals surface area (Å²) in [5.41, 5.74) is 4.17. The molecule has 2 heterocycles. The van der Waals surface area contributed by atoms with Gasteiger partial charge in [0.2, 0.25) is 11.8 Å². The number of anilines is 1. The number of nitrogens with zero attached hydrogens (tertiary/aromatic N) is 1. The summed E-state index contributed by atoms with van der Waals surface area (Å²) in [5.74, 6) is -2.81. The van der Waals surface area contributed by atoms with E-state index in [0.717, 1.165) is 23.3 Å². The molecule has 3 aromatic carbocycles. The van der Waals surface area contributed by atoms with E-state index in [0.29, 0.717) is 34.4 Å². The summed E-state index contributed by atoms with van der Waals surface area (Å²) in [4.78, 5) is 51.2. The number of hydrogen-bond donors (Lipinski definition) is 2. The fraction of sp³-hybridized carbons (Fsp3) is 0.267. The second-order valence-electron chi connectivity index (χ2n) is 9.97. The van der Waals surface area contributed by atoms with Crippen LogP contribution in [-0.4, -0.2) is 41.9 Å². The van der Waals surface area contributed by atoms with Crippen LogP contribution in [0.25, 0.3) is 0 Å². The summed E-state index contributed by atoms with van der Waals surface area (Å²) in [6.45, 7) is 1.82. The number of benzene rings is 3. The molecule has 9 nitrogen and oxygen atoms in total. The standard InChI is InChI=1S/C30H27F2N3O6/c1-16-11-17(12-18-3-7-21(31)22(32)13-18)4-8-23(16)33-30(39)41-15-20-6-5-19-14-35(29(38)26(19)27(20)40-2)24-9-10-25(36)34-28(24)37/h3-8,11,13,24H,9-10,12,14-15H2,1-2H3,(H,33,39)(H,34,36,37). The van der Waals surface area contributed by atoms with Gasteiger partial charge in [-0.2, -0.15) is 0 Å². The van der Waals surface area contributed by atoms with Crippen LogP contribution in [0.1, 0.15) is 51.0 Å². The molecular formula is C30H27F2N3O6. The van der Waals surface area contributed by atoms with Crippen LogP contribution in [0.4, 0.5) is 19.3 Å². The van der Waals surface area contributed by atoms with Crippen molar-refractivity contribution in [3.63, 3.8) is 0 Å². The SMILES string of the molecule is COc1c(COC(=O)Nc2ccc(Cc3ccc(F)c(F)c3)cc2C)ccc2c1C(=O)N(C1CCC(=O)NC1=O)C2. The van der Waals surface area contributed by atoms with Crippen LogP contribution >= 0.6 is 0 Å². The van der Waals surface area contributed by atoms with E-state index in [1.807, 2.05) is 6.07 Å². The predicted molar refractivity (Wildman–Crippen MR) is 143 cm³/mol. The lowest BCUT2D eigenvalue weighted by Gasteiger charge is -2.29. The smallest absolute Gasteiger partial charge is 0.411 e. The molecule has 0 aromatic heterocycles. The number of imide groups is 1. The number of aryl methyl sites for hydroxylation is 1. The molecule has 2 aliphatic heterocycles. The van der Waals surface area contributed by atoms with Crippen molar-refractivity contribution in [2.45, 2.75) is 45.4 Å². The summed E-state index contributed by atoms with van der Waals surface area (Å²) in [7, 11) is 1.41. The van der Waals surface area contributed by atoms with Gasteiger partial charge in [-0.05, 0) is 60.2 Å². The number of ether oxygens (including phenoxy) is 2. The van der Waals surface area contributed by atoms with Crippen LogP contribution in [0.2, 0.25) is 0 Å². The molecular weight excluding hydrogens is 536 g/mol. The van der Waals surface area contributed by atoms with Crippen LogP contribution in [-0.2, 0) is 33.9 Å². The van der Waals surface area contributed by atoms with Crippen molar-refractivity contribution < 1.29 is 37.4 Å². The van der Waals surface area contributed by atoms with Gasteiger partial charge in [0, 0.05) is 24.2 Å². The van der Waals surface area contributed by atoms with E-state index in [2.05, 4.69) is 10.6 Å². The van der Waals surface area contributed by atoms with Crippen molar-refractivity contribution >= 4 is 29.5 Å². The van der Waals surface area contributed by atoms with Gasteiger partial charge < -0.3 is 14.4 Å². The molecule has 0 bridgehead atoms. The first-order valence-electron chi connectivity index (χ1n) is 12.9. The first-order valence-corrected chi connectivity index (χ1v) is 12.9. The number of carbonyl (C=O) groups is 4. The molecule has 2 N–H and O–H groups in total. The number of piperidine rings is 1. The third kappa shape index (κ3) is 5.74. The average Bonchev–Trinajstić information content (AvgIpc) is 3.27. The van der Waals surface area contributed by atoms with E-state index in [1.165, 1.54) is 18.1 Å². The molecule has 1 unspecified atom stereocenters. The van der Waals surface area contributed by atoms with Crippen LogP contribution in [0.3, 0.4) is 0 Å². The maximum Gasteiger partial charge on any atom is 0.411 e. The zero-order valence-electron chi connectivity index (χ0n) is 22.4. The minimum Gasteiger partial charge on any atom is -0.495 e. The van der Waals surface area contributed by atoms with E-state index in [4.69, 9.17) is 9.47 Å². The van der Waals surface area contributed by atoms with E-state index < -0.39 is 35.6 Å². The second kappa shape index (κ2) is 11.4. The molecule has 1 fully saturated rings. The maximum atomic E-state index is 13.5. The predicted octanol–water partition coefficient (Wildman–Crippen LogP) is 4.38. The lowest BCUT2D eigenvalue weighted by atomic mass is 10.0. The van der Waals surface area contributed by atoms with Gasteiger partial charge in [0.15, 0.2) is 11.6 Å². The molecule has 212 valence electrons. The fourth-order valence-electron chi connectivity index (χ4n) is 5.16. The minimum absolute atomic E-state index is 0.151. The van der Waals surface area contributed by atoms with Gasteiger partial charge in [0.1, 0.15) is 18.4 Å². The van der Waals surface area contributed by atoms with Crippen molar-refractivity contribution in [2.24, 2.45) is 0 Å². The van der Waals surface area contributed by atoms with Gasteiger partial charge in [-0.3, -0.25) is 25.0 Å². The van der Waals surface area contributed by atoms with Crippen molar-refractivity contribution in [1.82, 2.24) is 10.2 Å². The zero-order valence-corrected chi connectivity index (χ0v) is 22.4. The number of nitrogens with one attached hydrogen (secondary N) is 2. The van der Waals surface area contributed by atoms with Crippen LogP contribution < -0.4 is 15.4 Å². The highest BCUT2D eigenvalue weighted by Crippen LogP contribution is 2.36. The monoisotopic (exact) mass is 563 g/mol. The van der Waals surface area contributed by atoms with E-state index in [1.54, 1.807) is 31.2 Å². The number of rotatable bonds is 7.